The van der Waals surface area contributed by atoms with E-state index in [0.29, 0.717) is 5.69 Å². The van der Waals surface area contributed by atoms with Gasteiger partial charge in [0.2, 0.25) is 5.69 Å². The SMILES string of the molecule is C1CCOC1.[C-]#[N+]c1c(-n2c3ccccc3c3ccc4ccccc4c32)c(F)c(-n2c3ccccc3c3ccc4ccccc4c32)c(C#N)c1-n1c2ccccc2c2ccc3ccccc3c21.[C-]#[N+]c1c(F)c(F)c(F)c(C#N)c1F.[H-].[Na+].c1ccc2c(c1)ccc1c3ccccc3[nH]c21. The molecule has 18 aromatic rings. The van der Waals surface area contributed by atoms with E-state index in [1.807, 2.05) is 100 Å². The van der Waals surface area contributed by atoms with Crippen LogP contribution in [-0.4, -0.2) is 31.9 Å². The number of benzene rings is 14. The van der Waals surface area contributed by atoms with Crippen molar-refractivity contribution >= 4 is 142 Å². The zero-order valence-corrected chi connectivity index (χ0v) is 54.9. The standard InChI is InChI=1S/C56H30FN5.C16H11N.C8F4N2.C4H8O.Na.H/c1-59-50-55(61-47-24-12-9-21-40(47)43-30-27-34-15-3-6-18-37(34)52(43)61)45(32-58)54(60-46-23-11-8-20-39(46)42-29-26-33-14-2-5-17-36(33)51(42)60)49(57)56(50)62-48-25-13-10-22-41(48)44-31-28-35-16-4-7-19-38(35)53(44)62;1-2-6-12-11(5-1)9-10-14-13-7-3-4-8-15(13)17-16(12)14;1-14-8-5(10)3(2-13)4(9)6(11)7(8)12;1-2-4-5-3-1;;/h2-31H;1-10,17H;;1-4H2;;/q;;;;+1;-1. The number of aromatic nitrogens is 4. The fraction of sp³-hybridized carbons (Fsp3) is 0.0476. The minimum atomic E-state index is -2.02. The number of para-hydroxylation sites is 4. The summed E-state index contributed by atoms with van der Waals surface area (Å²) in [5, 5.41) is 36.7. The number of rotatable bonds is 3. The second-order valence-corrected chi connectivity index (χ2v) is 23.8. The molecule has 0 bridgehead atoms. The van der Waals surface area contributed by atoms with Crippen molar-refractivity contribution < 1.29 is 57.7 Å². The minimum absolute atomic E-state index is 0. The second kappa shape index (κ2) is 25.8. The number of fused-ring (bicyclic) bond motifs is 20. The molecule has 1 saturated heterocycles. The summed E-state index contributed by atoms with van der Waals surface area (Å²) >= 11 is 0. The van der Waals surface area contributed by atoms with Gasteiger partial charge in [0.25, 0.3) is 5.69 Å². The third kappa shape index (κ3) is 10.1. The van der Waals surface area contributed by atoms with Crippen LogP contribution < -0.4 is 29.6 Å². The van der Waals surface area contributed by atoms with Crippen molar-refractivity contribution in [2.24, 2.45) is 0 Å². The molecule has 1 N–H and O–H groups in total. The average Bonchev–Trinajstić information content (AvgIpc) is 1.49. The first-order valence-corrected chi connectivity index (χ1v) is 31.6. The molecule has 1 aliphatic rings. The number of halogens is 5. The van der Waals surface area contributed by atoms with E-state index in [-0.39, 0.29) is 53.6 Å². The van der Waals surface area contributed by atoms with Gasteiger partial charge in [-0.05, 0) is 58.7 Å². The maximum absolute atomic E-state index is 19.4. The fourth-order valence-corrected chi connectivity index (χ4v) is 14.3. The molecule has 0 spiro atoms. The van der Waals surface area contributed by atoms with Gasteiger partial charge in [-0.3, -0.25) is 0 Å². The first-order chi connectivity index (χ1) is 48.1. The van der Waals surface area contributed by atoms with E-state index in [1.54, 1.807) is 0 Å². The van der Waals surface area contributed by atoms with Gasteiger partial charge in [0.15, 0.2) is 29.1 Å². The number of nitrogens with zero attached hydrogens (tertiary/aromatic N) is 7. The van der Waals surface area contributed by atoms with Crippen molar-refractivity contribution in [2.45, 2.75) is 12.8 Å². The van der Waals surface area contributed by atoms with E-state index in [9.17, 15) is 29.4 Å². The predicted octanol–water partition coefficient (Wildman–Crippen LogP) is 20.1. The zero-order valence-electron chi connectivity index (χ0n) is 53.9. The minimum Gasteiger partial charge on any atom is -1.00 e. The van der Waals surface area contributed by atoms with E-state index < -0.39 is 40.3 Å². The van der Waals surface area contributed by atoms with Crippen LogP contribution in [0.1, 0.15) is 25.4 Å². The van der Waals surface area contributed by atoms with Gasteiger partial charge in [0.05, 0.1) is 68.7 Å². The summed E-state index contributed by atoms with van der Waals surface area (Å²) in [7, 11) is 0. The molecular weight excluding hydrogens is 1250 g/mol. The van der Waals surface area contributed by atoms with Crippen LogP contribution in [0.4, 0.5) is 33.3 Å². The molecule has 19 rings (SSSR count). The Balaban J connectivity index is 0.000000181. The van der Waals surface area contributed by atoms with Crippen molar-refractivity contribution in [3.8, 4) is 29.2 Å². The molecule has 99 heavy (non-hydrogen) atoms. The Morgan fingerprint density at radius 3 is 1.16 bits per heavy atom. The van der Waals surface area contributed by atoms with Gasteiger partial charge >= 0.3 is 29.6 Å². The fourth-order valence-electron chi connectivity index (χ4n) is 14.3. The molecule has 0 unspecified atom stereocenters. The van der Waals surface area contributed by atoms with Crippen LogP contribution in [0.25, 0.3) is 157 Å². The summed E-state index contributed by atoms with van der Waals surface area (Å²) in [4.78, 5) is 10.2. The third-order valence-electron chi connectivity index (χ3n) is 18.6. The normalized spacial score (nSPS) is 12.0. The molecule has 0 radical (unpaired) electrons. The predicted molar refractivity (Wildman–Crippen MR) is 385 cm³/mol. The number of hydrogen-bond donors (Lipinski definition) is 1. The monoisotopic (exact) mass is 1300 g/mol. The number of hydrogen-bond acceptors (Lipinski definition) is 3. The molecule has 0 atom stereocenters. The summed E-state index contributed by atoms with van der Waals surface area (Å²) in [5.41, 5.74) is 5.17. The van der Waals surface area contributed by atoms with Crippen molar-refractivity contribution in [2.75, 3.05) is 13.2 Å². The van der Waals surface area contributed by atoms with Gasteiger partial charge in [-0.15, -0.1) is 0 Å². The molecule has 14 aromatic carbocycles. The van der Waals surface area contributed by atoms with Crippen LogP contribution in [0.15, 0.2) is 243 Å². The Labute approximate surface area is 585 Å². The Bertz CT molecular complexity index is 6340. The molecule has 1 fully saturated rings. The van der Waals surface area contributed by atoms with Crippen LogP contribution in [0.2, 0.25) is 0 Å². The van der Waals surface area contributed by atoms with Gasteiger partial charge in [0, 0.05) is 83.4 Å². The molecule has 0 saturated carbocycles. The van der Waals surface area contributed by atoms with Crippen molar-refractivity contribution in [3.63, 3.8) is 0 Å². The summed E-state index contributed by atoms with van der Waals surface area (Å²) in [5.74, 6) is -8.20. The van der Waals surface area contributed by atoms with E-state index in [0.717, 1.165) is 117 Å². The van der Waals surface area contributed by atoms with Gasteiger partial charge in [-0.1, -0.05) is 218 Å². The number of aromatic amines is 1. The average molecular weight is 1310 g/mol. The second-order valence-electron chi connectivity index (χ2n) is 23.8. The van der Waals surface area contributed by atoms with Gasteiger partial charge in [-0.2, -0.15) is 10.5 Å². The number of nitriles is 2. The maximum atomic E-state index is 19.4. The molecule has 1 aliphatic heterocycles. The Morgan fingerprint density at radius 1 is 0.354 bits per heavy atom. The number of nitrogens with one attached hydrogen (secondary N) is 1. The van der Waals surface area contributed by atoms with Crippen LogP contribution in [0, 0.1) is 64.9 Å². The number of ether oxygens (including phenoxy) is 1. The summed E-state index contributed by atoms with van der Waals surface area (Å²) < 4.78 is 81.1. The smallest absolute Gasteiger partial charge is 1.00 e. The van der Waals surface area contributed by atoms with E-state index >= 15 is 4.39 Å². The zero-order chi connectivity index (χ0) is 66.9. The number of H-pyrrole nitrogens is 1. The van der Waals surface area contributed by atoms with Crippen LogP contribution in [-0.2, 0) is 4.74 Å². The first kappa shape index (κ1) is 63.0. The summed E-state index contributed by atoms with van der Waals surface area (Å²) in [6.07, 6.45) is 2.56. The van der Waals surface area contributed by atoms with Gasteiger partial charge in [0.1, 0.15) is 23.4 Å². The van der Waals surface area contributed by atoms with Gasteiger partial charge in [-0.25, -0.2) is 31.6 Å². The largest absolute Gasteiger partial charge is 1.00 e. The third-order valence-corrected chi connectivity index (χ3v) is 18.6. The quantitative estimate of drug-likeness (QED) is 0.0627. The van der Waals surface area contributed by atoms with Crippen molar-refractivity contribution in [1.82, 2.24) is 18.7 Å². The van der Waals surface area contributed by atoms with Crippen molar-refractivity contribution in [3.05, 3.63) is 306 Å². The van der Waals surface area contributed by atoms with Crippen LogP contribution in [0.3, 0.4) is 0 Å². The molecular formula is C84H50F5N8NaO. The van der Waals surface area contributed by atoms with E-state index in [4.69, 9.17) is 16.6 Å². The van der Waals surface area contributed by atoms with Crippen LogP contribution in [0.5, 0.6) is 0 Å². The molecule has 468 valence electrons. The molecule has 9 nitrogen and oxygen atoms in total. The first-order valence-electron chi connectivity index (χ1n) is 31.6. The summed E-state index contributed by atoms with van der Waals surface area (Å²) in [6.45, 7) is 17.5. The summed E-state index contributed by atoms with van der Waals surface area (Å²) in [6, 6.07) is 86.1. The topological polar surface area (TPSA) is 96.1 Å². The molecule has 0 aliphatic carbocycles. The Kier molecular flexibility index (Phi) is 16.4. The molecule has 4 aromatic heterocycles. The van der Waals surface area contributed by atoms with Gasteiger partial charge < -0.3 is 24.8 Å². The van der Waals surface area contributed by atoms with Crippen molar-refractivity contribution in [1.29, 1.82) is 10.5 Å². The van der Waals surface area contributed by atoms with E-state index in [1.165, 1.54) is 45.4 Å². The molecule has 15 heteroatoms. The molecule has 5 heterocycles. The maximum Gasteiger partial charge on any atom is 1.00 e. The van der Waals surface area contributed by atoms with Crippen LogP contribution >= 0.6 is 0 Å². The van der Waals surface area contributed by atoms with E-state index in [2.05, 4.69) is 177 Å². The Hall–Kier alpha value is -12.1. The molecule has 0 amide bonds. The Morgan fingerprint density at radius 2 is 0.727 bits per heavy atom.